The van der Waals surface area contributed by atoms with Crippen molar-refractivity contribution >= 4 is 21.9 Å². The van der Waals surface area contributed by atoms with Crippen LogP contribution in [0, 0.1) is 0 Å². The molecule has 0 aliphatic carbocycles. The van der Waals surface area contributed by atoms with Gasteiger partial charge in [0.05, 0.1) is 0 Å². The number of benzene rings is 1. The summed E-state index contributed by atoms with van der Waals surface area (Å²) in [5, 5.41) is 0. The summed E-state index contributed by atoms with van der Waals surface area (Å²) in [5.41, 5.74) is 1.17. The van der Waals surface area contributed by atoms with Gasteiger partial charge in [-0.3, -0.25) is 4.79 Å². The minimum Gasteiger partial charge on any atom is -0.462 e. The van der Waals surface area contributed by atoms with Crippen LogP contribution in [0.4, 0.5) is 0 Å². The van der Waals surface area contributed by atoms with Gasteiger partial charge in [0.15, 0.2) is 0 Å². The first-order valence-electron chi connectivity index (χ1n) is 4.93. The van der Waals surface area contributed by atoms with Crippen molar-refractivity contribution in [3.63, 3.8) is 0 Å². The van der Waals surface area contributed by atoms with E-state index in [-0.39, 0.29) is 18.0 Å². The van der Waals surface area contributed by atoms with Crippen LogP contribution in [-0.2, 0) is 9.53 Å². The molecule has 0 heterocycles. The van der Waals surface area contributed by atoms with E-state index in [9.17, 15) is 4.79 Å². The number of hydrogen-bond acceptors (Lipinski definition) is 2. The van der Waals surface area contributed by atoms with E-state index in [1.807, 2.05) is 31.2 Å². The summed E-state index contributed by atoms with van der Waals surface area (Å²) in [6.07, 6.45) is -0.0938. The molecule has 0 aromatic heterocycles. The summed E-state index contributed by atoms with van der Waals surface area (Å²) in [6.45, 7) is 5.40. The number of ether oxygens (including phenoxy) is 1. The maximum Gasteiger partial charge on any atom is 0.302 e. The van der Waals surface area contributed by atoms with Crippen LogP contribution in [0.25, 0.3) is 0 Å². The van der Waals surface area contributed by atoms with Crippen molar-refractivity contribution in [1.29, 1.82) is 0 Å². The van der Waals surface area contributed by atoms with Gasteiger partial charge in [-0.2, -0.15) is 0 Å². The van der Waals surface area contributed by atoms with Crippen LogP contribution in [-0.4, -0.2) is 12.1 Å². The zero-order chi connectivity index (χ0) is 11.4. The molecule has 2 nitrogen and oxygen atoms in total. The van der Waals surface area contributed by atoms with E-state index < -0.39 is 0 Å². The fourth-order valence-electron chi connectivity index (χ4n) is 1.40. The van der Waals surface area contributed by atoms with Crippen molar-refractivity contribution in [2.24, 2.45) is 0 Å². The molecule has 0 bridgehead atoms. The second-order valence-corrected chi connectivity index (χ2v) is 4.57. The molecule has 0 aliphatic heterocycles. The molecule has 3 heteroatoms. The van der Waals surface area contributed by atoms with Gasteiger partial charge in [0, 0.05) is 17.3 Å². The maximum absolute atomic E-state index is 10.8. The summed E-state index contributed by atoms with van der Waals surface area (Å²) < 4.78 is 6.20. The Morgan fingerprint density at radius 3 is 2.27 bits per heavy atom. The molecule has 0 N–H and O–H groups in total. The highest BCUT2D eigenvalue weighted by Crippen LogP contribution is 2.23. The van der Waals surface area contributed by atoms with Crippen molar-refractivity contribution in [1.82, 2.24) is 0 Å². The van der Waals surface area contributed by atoms with Crippen LogP contribution < -0.4 is 0 Å². The third-order valence-electron chi connectivity index (χ3n) is 2.45. The topological polar surface area (TPSA) is 26.3 Å². The van der Waals surface area contributed by atoms with Crippen LogP contribution in [0.5, 0.6) is 0 Å². The van der Waals surface area contributed by atoms with Gasteiger partial charge in [-0.15, -0.1) is 0 Å². The van der Waals surface area contributed by atoms with E-state index in [1.165, 1.54) is 12.5 Å². The molecule has 0 radical (unpaired) electrons. The highest BCUT2D eigenvalue weighted by atomic mass is 79.9. The van der Waals surface area contributed by atoms with Gasteiger partial charge < -0.3 is 4.74 Å². The molecule has 0 amide bonds. The van der Waals surface area contributed by atoms with Gasteiger partial charge in [0.25, 0.3) is 0 Å². The molecule has 2 atom stereocenters. The fraction of sp³-hybridized carbons (Fsp3) is 0.417. The van der Waals surface area contributed by atoms with E-state index in [4.69, 9.17) is 4.74 Å². The fourth-order valence-corrected chi connectivity index (χ4v) is 1.67. The number of carbonyl (C=O) groups is 1. The second-order valence-electron chi connectivity index (χ2n) is 3.65. The van der Waals surface area contributed by atoms with Gasteiger partial charge in [-0.05, 0) is 24.6 Å². The minimum atomic E-state index is -0.230. The Labute approximate surface area is 98.8 Å². The van der Waals surface area contributed by atoms with Crippen LogP contribution in [0.3, 0.4) is 0 Å². The minimum absolute atomic E-state index is 0.0938. The van der Waals surface area contributed by atoms with Crippen molar-refractivity contribution in [2.75, 3.05) is 0 Å². The van der Waals surface area contributed by atoms with Crippen LogP contribution in [0.2, 0.25) is 0 Å². The molecule has 0 fully saturated rings. The maximum atomic E-state index is 10.8. The predicted octanol–water partition coefficient (Wildman–Crippen LogP) is 3.50. The molecule has 82 valence electrons. The molecular weight excluding hydrogens is 256 g/mol. The quantitative estimate of drug-likeness (QED) is 0.786. The average molecular weight is 271 g/mol. The van der Waals surface area contributed by atoms with Gasteiger partial charge >= 0.3 is 5.97 Å². The molecule has 0 spiro atoms. The summed E-state index contributed by atoms with van der Waals surface area (Å²) >= 11 is 3.39. The lowest BCUT2D eigenvalue weighted by molar-refractivity contribution is -0.146. The Kier molecular flexibility index (Phi) is 4.33. The van der Waals surface area contributed by atoms with Crippen molar-refractivity contribution in [3.8, 4) is 0 Å². The van der Waals surface area contributed by atoms with Crippen molar-refractivity contribution in [2.45, 2.75) is 32.8 Å². The summed E-state index contributed by atoms with van der Waals surface area (Å²) in [6, 6.07) is 8.06. The lowest BCUT2D eigenvalue weighted by atomic mass is 9.96. The SMILES string of the molecule is CC(=O)O[C@@H](C)[C@@H](C)c1ccc(Br)cc1. The summed E-state index contributed by atoms with van der Waals surface area (Å²) in [7, 11) is 0. The Bertz CT molecular complexity index is 332. The zero-order valence-electron chi connectivity index (χ0n) is 9.16. The number of hydrogen-bond donors (Lipinski definition) is 0. The number of esters is 1. The van der Waals surface area contributed by atoms with E-state index in [0.29, 0.717) is 0 Å². The highest BCUT2D eigenvalue weighted by molar-refractivity contribution is 9.10. The normalized spacial score (nSPS) is 14.4. The van der Waals surface area contributed by atoms with E-state index >= 15 is 0 Å². The molecule has 0 unspecified atom stereocenters. The zero-order valence-corrected chi connectivity index (χ0v) is 10.7. The Balaban J connectivity index is 2.71. The molecule has 15 heavy (non-hydrogen) atoms. The predicted molar refractivity (Wildman–Crippen MR) is 63.8 cm³/mol. The van der Waals surface area contributed by atoms with Gasteiger partial charge in [-0.25, -0.2) is 0 Å². The molecule has 0 saturated heterocycles. The highest BCUT2D eigenvalue weighted by Gasteiger charge is 2.16. The van der Waals surface area contributed by atoms with Crippen molar-refractivity contribution < 1.29 is 9.53 Å². The van der Waals surface area contributed by atoms with Gasteiger partial charge in [0.1, 0.15) is 6.10 Å². The smallest absolute Gasteiger partial charge is 0.302 e. The first kappa shape index (κ1) is 12.2. The average Bonchev–Trinajstić information content (AvgIpc) is 2.17. The van der Waals surface area contributed by atoms with Gasteiger partial charge in [0.2, 0.25) is 0 Å². The molecule has 0 saturated carbocycles. The molecular formula is C12H15BrO2. The number of carbonyl (C=O) groups excluding carboxylic acids is 1. The van der Waals surface area contributed by atoms with E-state index in [0.717, 1.165) is 4.47 Å². The summed E-state index contributed by atoms with van der Waals surface area (Å²) in [4.78, 5) is 10.8. The third-order valence-corrected chi connectivity index (χ3v) is 2.98. The van der Waals surface area contributed by atoms with Crippen LogP contribution >= 0.6 is 15.9 Å². The molecule has 1 aromatic carbocycles. The van der Waals surface area contributed by atoms with Crippen LogP contribution in [0.1, 0.15) is 32.3 Å². The van der Waals surface area contributed by atoms with Crippen molar-refractivity contribution in [3.05, 3.63) is 34.3 Å². The van der Waals surface area contributed by atoms with E-state index in [1.54, 1.807) is 0 Å². The monoisotopic (exact) mass is 270 g/mol. The molecule has 1 aromatic rings. The third kappa shape index (κ3) is 3.67. The second kappa shape index (κ2) is 5.31. The van der Waals surface area contributed by atoms with Crippen LogP contribution in [0.15, 0.2) is 28.7 Å². The number of halogens is 1. The lowest BCUT2D eigenvalue weighted by Gasteiger charge is -2.20. The Morgan fingerprint density at radius 2 is 1.80 bits per heavy atom. The Morgan fingerprint density at radius 1 is 1.27 bits per heavy atom. The largest absolute Gasteiger partial charge is 0.462 e. The standard InChI is InChI=1S/C12H15BrO2/c1-8(9(2)15-10(3)14)11-4-6-12(13)7-5-11/h4-9H,1-3H3/t8-,9+/m1/s1. The Hall–Kier alpha value is -0.830. The first-order chi connectivity index (χ1) is 7.00. The molecule has 1 rings (SSSR count). The first-order valence-corrected chi connectivity index (χ1v) is 5.72. The van der Waals surface area contributed by atoms with Gasteiger partial charge in [-0.1, -0.05) is 35.0 Å². The molecule has 0 aliphatic rings. The van der Waals surface area contributed by atoms with E-state index in [2.05, 4.69) is 22.9 Å². The lowest BCUT2D eigenvalue weighted by Crippen LogP contribution is -2.19. The summed E-state index contributed by atoms with van der Waals surface area (Å²) in [5.74, 6) is -0.0199. The number of rotatable bonds is 3.